The summed E-state index contributed by atoms with van der Waals surface area (Å²) in [6.45, 7) is 6.05. The molecule has 184 valence electrons. The molecule has 3 N–H and O–H groups in total. The quantitative estimate of drug-likeness (QED) is 0.392. The Morgan fingerprint density at radius 1 is 1.14 bits per heavy atom. The average molecular weight is 495 g/mol. The molecule has 1 fully saturated rings. The minimum Gasteiger partial charge on any atom is -0.477 e. The van der Waals surface area contributed by atoms with Gasteiger partial charge in [-0.05, 0) is 69.2 Å². The molecule has 0 spiro atoms. The van der Waals surface area contributed by atoms with Crippen LogP contribution in [0.5, 0.6) is 0 Å². The Morgan fingerprint density at radius 3 is 2.40 bits per heavy atom. The summed E-state index contributed by atoms with van der Waals surface area (Å²) in [6.07, 6.45) is 6.68. The van der Waals surface area contributed by atoms with E-state index in [1.54, 1.807) is 23.1 Å². The minimum absolute atomic E-state index is 0.0102. The number of hydrogen-bond donors (Lipinski definition) is 3. The maximum Gasteiger partial charge on any atom is 0.348 e. The smallest absolute Gasteiger partial charge is 0.348 e. The zero-order valence-electron chi connectivity index (χ0n) is 20.1. The number of carboxylic acids is 1. The van der Waals surface area contributed by atoms with Gasteiger partial charge in [0.25, 0.3) is 5.91 Å². The molecular formula is C26H30N4O4S. The van der Waals surface area contributed by atoms with Crippen LogP contribution < -0.4 is 10.2 Å². The van der Waals surface area contributed by atoms with Gasteiger partial charge in [-0.25, -0.2) is 4.79 Å². The van der Waals surface area contributed by atoms with Gasteiger partial charge in [0.2, 0.25) is 5.91 Å². The molecule has 0 atom stereocenters. The Morgan fingerprint density at radius 2 is 1.83 bits per heavy atom. The second kappa shape index (κ2) is 10.4. The lowest BCUT2D eigenvalue weighted by atomic mass is 9.82. The first-order chi connectivity index (χ1) is 16.7. The molecular weight excluding hydrogens is 464 g/mol. The van der Waals surface area contributed by atoms with E-state index in [-0.39, 0.29) is 28.7 Å². The molecule has 2 amide bonds. The molecule has 2 heterocycles. The molecule has 1 aliphatic rings. The van der Waals surface area contributed by atoms with E-state index in [0.717, 1.165) is 47.5 Å². The second-order valence-corrected chi connectivity index (χ2v) is 10.5. The molecule has 0 bridgehead atoms. The highest BCUT2D eigenvalue weighted by Crippen LogP contribution is 2.40. The summed E-state index contributed by atoms with van der Waals surface area (Å²) in [5.74, 6) is -0.758. The third-order valence-electron chi connectivity index (χ3n) is 6.47. The predicted molar refractivity (Wildman–Crippen MR) is 137 cm³/mol. The number of carbonyl (C=O) groups is 3. The number of aromatic amines is 1. The number of benzene rings is 1. The maximum absolute atomic E-state index is 13.5. The van der Waals surface area contributed by atoms with Gasteiger partial charge in [-0.3, -0.25) is 14.7 Å². The number of rotatable bonds is 7. The molecule has 1 aromatic carbocycles. The molecule has 0 aliphatic heterocycles. The van der Waals surface area contributed by atoms with Gasteiger partial charge in [-0.15, -0.1) is 11.3 Å². The number of nitrogens with one attached hydrogen (secondary N) is 2. The first-order valence-electron chi connectivity index (χ1n) is 11.8. The fourth-order valence-corrected chi connectivity index (χ4v) is 5.50. The number of carbonyl (C=O) groups excluding carboxylic acids is 2. The van der Waals surface area contributed by atoms with Crippen LogP contribution in [0.2, 0.25) is 0 Å². The summed E-state index contributed by atoms with van der Waals surface area (Å²) in [5.41, 5.74) is 2.30. The lowest BCUT2D eigenvalue weighted by Gasteiger charge is -2.33. The first-order valence-corrected chi connectivity index (χ1v) is 12.7. The summed E-state index contributed by atoms with van der Waals surface area (Å²) in [4.78, 5) is 40.5. The van der Waals surface area contributed by atoms with Gasteiger partial charge in [-0.1, -0.05) is 19.1 Å². The van der Waals surface area contributed by atoms with Gasteiger partial charge in [0.05, 0.1) is 17.4 Å². The Labute approximate surface area is 208 Å². The zero-order valence-corrected chi connectivity index (χ0v) is 20.9. The van der Waals surface area contributed by atoms with Crippen molar-refractivity contribution in [2.24, 2.45) is 11.8 Å². The monoisotopic (exact) mass is 494 g/mol. The number of aromatic carboxylic acids is 1. The topological polar surface area (TPSA) is 115 Å². The number of carboxylic acid groups (broad SMARTS) is 1. The maximum atomic E-state index is 13.5. The lowest BCUT2D eigenvalue weighted by Crippen LogP contribution is -2.42. The largest absolute Gasteiger partial charge is 0.477 e. The van der Waals surface area contributed by atoms with Gasteiger partial charge in [0.15, 0.2) is 0 Å². The van der Waals surface area contributed by atoms with Gasteiger partial charge in [0, 0.05) is 28.7 Å². The molecule has 9 heteroatoms. The Hall–Kier alpha value is -3.46. The number of amides is 2. The number of anilines is 2. The number of thiophene rings is 1. The second-order valence-electron chi connectivity index (χ2n) is 9.41. The number of nitrogens with zero attached hydrogens (tertiary/aromatic N) is 2. The van der Waals surface area contributed by atoms with Crippen molar-refractivity contribution < 1.29 is 19.5 Å². The Bertz CT molecular complexity index is 1190. The highest BCUT2D eigenvalue weighted by atomic mass is 32.1. The van der Waals surface area contributed by atoms with Crippen LogP contribution in [0.1, 0.15) is 66.5 Å². The Kier molecular flexibility index (Phi) is 7.35. The molecule has 0 radical (unpaired) electrons. The minimum atomic E-state index is -1.05. The third kappa shape index (κ3) is 5.45. The van der Waals surface area contributed by atoms with E-state index in [4.69, 9.17) is 0 Å². The van der Waals surface area contributed by atoms with E-state index in [9.17, 15) is 19.5 Å². The number of aromatic nitrogens is 2. The van der Waals surface area contributed by atoms with Gasteiger partial charge in [0.1, 0.15) is 4.88 Å². The summed E-state index contributed by atoms with van der Waals surface area (Å²) >= 11 is 1.16. The van der Waals surface area contributed by atoms with Crippen molar-refractivity contribution in [3.05, 3.63) is 53.2 Å². The van der Waals surface area contributed by atoms with Gasteiger partial charge >= 0.3 is 5.97 Å². The van der Waals surface area contributed by atoms with Crippen molar-refractivity contribution >= 4 is 40.5 Å². The van der Waals surface area contributed by atoms with Crippen molar-refractivity contribution in [2.75, 3.05) is 10.2 Å². The van der Waals surface area contributed by atoms with Gasteiger partial charge < -0.3 is 15.3 Å². The van der Waals surface area contributed by atoms with Crippen molar-refractivity contribution in [2.45, 2.75) is 52.5 Å². The third-order valence-corrected chi connectivity index (χ3v) is 7.63. The summed E-state index contributed by atoms with van der Waals surface area (Å²) in [5, 5.41) is 19.1. The van der Waals surface area contributed by atoms with E-state index in [2.05, 4.69) is 22.4 Å². The van der Waals surface area contributed by atoms with Crippen LogP contribution in [0, 0.1) is 11.8 Å². The molecule has 0 saturated heterocycles. The highest BCUT2D eigenvalue weighted by Gasteiger charge is 2.33. The lowest BCUT2D eigenvalue weighted by molar-refractivity contribution is -0.123. The predicted octanol–water partition coefficient (Wildman–Crippen LogP) is 5.66. The van der Waals surface area contributed by atoms with Crippen LogP contribution in [0.3, 0.4) is 0 Å². The standard InChI is InChI=1S/C26H30N4O4S/c1-15(2)30(25(32)18-6-4-16(3)5-7-18)21-12-22(35-23(21)26(33)34)17-8-10-20(11-9-17)29-24(31)19-13-27-28-14-19/h8-16,18H,4-7H2,1-3H3,(H,27,28)(H,29,31)(H,33,34). The fraction of sp³-hybridized carbons (Fsp3) is 0.385. The molecule has 4 rings (SSSR count). The van der Waals surface area contributed by atoms with Crippen molar-refractivity contribution in [1.82, 2.24) is 10.2 Å². The number of hydrogen-bond acceptors (Lipinski definition) is 5. The fourth-order valence-electron chi connectivity index (χ4n) is 4.51. The van der Waals surface area contributed by atoms with Crippen molar-refractivity contribution in [3.63, 3.8) is 0 Å². The molecule has 0 unspecified atom stereocenters. The summed E-state index contributed by atoms with van der Waals surface area (Å²) < 4.78 is 0. The average Bonchev–Trinajstić information content (AvgIpc) is 3.51. The molecule has 3 aromatic rings. The first kappa shape index (κ1) is 24.7. The van der Waals surface area contributed by atoms with E-state index in [0.29, 0.717) is 22.9 Å². The molecule has 1 saturated carbocycles. The summed E-state index contributed by atoms with van der Waals surface area (Å²) in [7, 11) is 0. The van der Waals surface area contributed by atoms with Crippen LogP contribution in [-0.4, -0.2) is 39.1 Å². The molecule has 35 heavy (non-hydrogen) atoms. The van der Waals surface area contributed by atoms with Crippen LogP contribution in [0.4, 0.5) is 11.4 Å². The van der Waals surface area contributed by atoms with Gasteiger partial charge in [-0.2, -0.15) is 5.10 Å². The van der Waals surface area contributed by atoms with Crippen molar-refractivity contribution in [1.29, 1.82) is 0 Å². The highest BCUT2D eigenvalue weighted by molar-refractivity contribution is 7.18. The Balaban J connectivity index is 1.59. The summed E-state index contributed by atoms with van der Waals surface area (Å²) in [6, 6.07) is 8.83. The molecule has 1 aliphatic carbocycles. The normalized spacial score (nSPS) is 17.8. The van der Waals surface area contributed by atoms with E-state index >= 15 is 0 Å². The van der Waals surface area contributed by atoms with Crippen LogP contribution in [0.25, 0.3) is 10.4 Å². The zero-order chi connectivity index (χ0) is 25.1. The van der Waals surface area contributed by atoms with Crippen molar-refractivity contribution in [3.8, 4) is 10.4 Å². The number of H-pyrrole nitrogens is 1. The van der Waals surface area contributed by atoms with E-state index in [1.807, 2.05) is 26.0 Å². The van der Waals surface area contributed by atoms with E-state index < -0.39 is 5.97 Å². The van der Waals surface area contributed by atoms with Crippen LogP contribution in [-0.2, 0) is 4.79 Å². The molecule has 8 nitrogen and oxygen atoms in total. The SMILES string of the molecule is CC1CCC(C(=O)N(c2cc(-c3ccc(NC(=O)c4cn[nH]c4)cc3)sc2C(=O)O)C(C)C)CC1. The molecule has 2 aromatic heterocycles. The van der Waals surface area contributed by atoms with Crippen LogP contribution >= 0.6 is 11.3 Å². The van der Waals surface area contributed by atoms with Crippen LogP contribution in [0.15, 0.2) is 42.7 Å². The van der Waals surface area contributed by atoms with E-state index in [1.165, 1.54) is 12.4 Å².